The van der Waals surface area contributed by atoms with E-state index in [1.165, 1.54) is 0 Å². The molecule has 0 amide bonds. The highest BCUT2D eigenvalue weighted by Crippen LogP contribution is 2.22. The van der Waals surface area contributed by atoms with E-state index in [0.717, 1.165) is 45.1 Å². The van der Waals surface area contributed by atoms with Crippen LogP contribution in [0.25, 0.3) is 0 Å². The van der Waals surface area contributed by atoms with Crippen molar-refractivity contribution in [2.75, 3.05) is 13.6 Å². The Morgan fingerprint density at radius 2 is 2.00 bits per heavy atom. The van der Waals surface area contributed by atoms with Crippen LogP contribution in [0.2, 0.25) is 0 Å². The molecule has 1 aliphatic carbocycles. The minimum atomic E-state index is -0.0398. The zero-order valence-corrected chi connectivity index (χ0v) is 10.00. The molecule has 4 nitrogen and oxygen atoms in total. The summed E-state index contributed by atoms with van der Waals surface area (Å²) in [5, 5.41) is 6.46. The molecule has 0 aromatic heterocycles. The summed E-state index contributed by atoms with van der Waals surface area (Å²) in [6.07, 6.45) is 6.42. The molecular weight excluding hydrogens is 204 g/mol. The molecule has 0 radical (unpaired) electrons. The van der Waals surface area contributed by atoms with Gasteiger partial charge in [-0.2, -0.15) is 0 Å². The number of carbonyl (C=O) groups excluding carboxylic acids is 1. The highest BCUT2D eigenvalue weighted by Gasteiger charge is 2.28. The van der Waals surface area contributed by atoms with E-state index in [0.29, 0.717) is 6.04 Å². The standard InChI is InChI=1S/C12H22N2O2/c1-13-9-4-6-10(7-5-9)16-12(15)11-3-2-8-14-11/h9-11,13-14H,2-8H2,1H3. The minimum absolute atomic E-state index is 0.0367. The Morgan fingerprint density at radius 3 is 2.56 bits per heavy atom. The fourth-order valence-corrected chi connectivity index (χ4v) is 2.60. The summed E-state index contributed by atoms with van der Waals surface area (Å²) in [6.45, 7) is 0.951. The summed E-state index contributed by atoms with van der Waals surface area (Å²) in [5.41, 5.74) is 0. The van der Waals surface area contributed by atoms with Crippen molar-refractivity contribution in [2.24, 2.45) is 0 Å². The molecule has 1 unspecified atom stereocenters. The van der Waals surface area contributed by atoms with Crippen molar-refractivity contribution < 1.29 is 9.53 Å². The van der Waals surface area contributed by atoms with E-state index in [4.69, 9.17) is 4.74 Å². The summed E-state index contributed by atoms with van der Waals surface area (Å²) in [5.74, 6) is -0.0367. The third kappa shape index (κ3) is 2.95. The lowest BCUT2D eigenvalue weighted by Gasteiger charge is -2.28. The van der Waals surface area contributed by atoms with Crippen LogP contribution in [0.1, 0.15) is 38.5 Å². The summed E-state index contributed by atoms with van der Waals surface area (Å²) >= 11 is 0. The van der Waals surface area contributed by atoms with Crippen LogP contribution < -0.4 is 10.6 Å². The molecule has 2 rings (SSSR count). The third-order valence-electron chi connectivity index (χ3n) is 3.71. The second kappa shape index (κ2) is 5.64. The van der Waals surface area contributed by atoms with Crippen LogP contribution >= 0.6 is 0 Å². The van der Waals surface area contributed by atoms with Crippen molar-refractivity contribution in [1.29, 1.82) is 0 Å². The smallest absolute Gasteiger partial charge is 0.323 e. The van der Waals surface area contributed by atoms with Gasteiger partial charge in [-0.3, -0.25) is 4.79 Å². The van der Waals surface area contributed by atoms with E-state index in [1.54, 1.807) is 0 Å². The minimum Gasteiger partial charge on any atom is -0.461 e. The number of rotatable bonds is 3. The largest absolute Gasteiger partial charge is 0.461 e. The summed E-state index contributed by atoms with van der Waals surface area (Å²) in [4.78, 5) is 11.8. The Hall–Kier alpha value is -0.610. The Morgan fingerprint density at radius 1 is 1.25 bits per heavy atom. The van der Waals surface area contributed by atoms with Gasteiger partial charge in [0, 0.05) is 6.04 Å². The first-order chi connectivity index (χ1) is 7.79. The monoisotopic (exact) mass is 226 g/mol. The SMILES string of the molecule is CNC1CCC(OC(=O)C2CCCN2)CC1. The van der Waals surface area contributed by atoms with Gasteiger partial charge in [-0.15, -0.1) is 0 Å². The van der Waals surface area contributed by atoms with Gasteiger partial charge in [0.25, 0.3) is 0 Å². The highest BCUT2D eigenvalue weighted by atomic mass is 16.5. The zero-order valence-electron chi connectivity index (χ0n) is 10.00. The van der Waals surface area contributed by atoms with Crippen molar-refractivity contribution in [1.82, 2.24) is 10.6 Å². The second-order valence-corrected chi connectivity index (χ2v) is 4.85. The molecule has 92 valence electrons. The van der Waals surface area contributed by atoms with Gasteiger partial charge in [-0.05, 0) is 52.1 Å². The van der Waals surface area contributed by atoms with Gasteiger partial charge >= 0.3 is 5.97 Å². The lowest BCUT2D eigenvalue weighted by molar-refractivity contribution is -0.152. The number of esters is 1. The molecule has 1 saturated carbocycles. The Balaban J connectivity index is 1.71. The molecule has 16 heavy (non-hydrogen) atoms. The summed E-state index contributed by atoms with van der Waals surface area (Å²) in [7, 11) is 2.00. The highest BCUT2D eigenvalue weighted by molar-refractivity contribution is 5.76. The Bertz CT molecular complexity index is 231. The van der Waals surface area contributed by atoms with E-state index >= 15 is 0 Å². The van der Waals surface area contributed by atoms with Crippen molar-refractivity contribution in [3.05, 3.63) is 0 Å². The van der Waals surface area contributed by atoms with Crippen molar-refractivity contribution in [3.63, 3.8) is 0 Å². The van der Waals surface area contributed by atoms with Crippen LogP contribution in [-0.2, 0) is 9.53 Å². The fraction of sp³-hybridized carbons (Fsp3) is 0.917. The Labute approximate surface area is 97.1 Å². The molecule has 0 aromatic carbocycles. The number of ether oxygens (including phenoxy) is 1. The van der Waals surface area contributed by atoms with Crippen LogP contribution in [0.4, 0.5) is 0 Å². The van der Waals surface area contributed by atoms with Gasteiger partial charge in [-0.1, -0.05) is 0 Å². The third-order valence-corrected chi connectivity index (χ3v) is 3.71. The maximum atomic E-state index is 11.8. The van der Waals surface area contributed by atoms with E-state index in [2.05, 4.69) is 10.6 Å². The number of hydrogen-bond donors (Lipinski definition) is 2. The van der Waals surface area contributed by atoms with Gasteiger partial charge in [-0.25, -0.2) is 0 Å². The summed E-state index contributed by atoms with van der Waals surface area (Å²) in [6, 6.07) is 0.571. The first-order valence-corrected chi connectivity index (χ1v) is 6.40. The Kier molecular flexibility index (Phi) is 4.18. The van der Waals surface area contributed by atoms with Gasteiger partial charge in [0.1, 0.15) is 12.1 Å². The quantitative estimate of drug-likeness (QED) is 0.699. The van der Waals surface area contributed by atoms with E-state index in [1.807, 2.05) is 7.05 Å². The predicted octanol–water partition coefficient (Wildman–Crippen LogP) is 0.812. The molecule has 1 heterocycles. The van der Waals surface area contributed by atoms with Gasteiger partial charge in [0.2, 0.25) is 0 Å². The number of nitrogens with one attached hydrogen (secondary N) is 2. The summed E-state index contributed by atoms with van der Waals surface area (Å²) < 4.78 is 5.54. The molecular formula is C12H22N2O2. The van der Waals surface area contributed by atoms with Crippen molar-refractivity contribution >= 4 is 5.97 Å². The van der Waals surface area contributed by atoms with Gasteiger partial charge < -0.3 is 15.4 Å². The van der Waals surface area contributed by atoms with E-state index < -0.39 is 0 Å². The molecule has 2 N–H and O–H groups in total. The second-order valence-electron chi connectivity index (χ2n) is 4.85. The van der Waals surface area contributed by atoms with Crippen LogP contribution in [0.5, 0.6) is 0 Å². The molecule has 2 aliphatic rings. The zero-order chi connectivity index (χ0) is 11.4. The average molecular weight is 226 g/mol. The molecule has 2 fully saturated rings. The predicted molar refractivity (Wildman–Crippen MR) is 62.2 cm³/mol. The normalized spacial score (nSPS) is 34.9. The van der Waals surface area contributed by atoms with Crippen LogP contribution in [0, 0.1) is 0 Å². The van der Waals surface area contributed by atoms with Crippen LogP contribution in [0.3, 0.4) is 0 Å². The molecule has 0 bridgehead atoms. The topological polar surface area (TPSA) is 50.4 Å². The van der Waals surface area contributed by atoms with Crippen molar-refractivity contribution in [3.8, 4) is 0 Å². The first kappa shape index (κ1) is 11.9. The average Bonchev–Trinajstić information content (AvgIpc) is 2.83. The van der Waals surface area contributed by atoms with Gasteiger partial charge in [0.15, 0.2) is 0 Å². The maximum absolute atomic E-state index is 11.8. The molecule has 0 spiro atoms. The molecule has 4 heteroatoms. The number of hydrogen-bond acceptors (Lipinski definition) is 4. The lowest BCUT2D eigenvalue weighted by atomic mass is 9.93. The molecule has 0 aromatic rings. The molecule has 1 atom stereocenters. The first-order valence-electron chi connectivity index (χ1n) is 6.40. The number of carbonyl (C=O) groups is 1. The van der Waals surface area contributed by atoms with Gasteiger partial charge in [0.05, 0.1) is 0 Å². The maximum Gasteiger partial charge on any atom is 0.323 e. The van der Waals surface area contributed by atoms with Crippen LogP contribution in [-0.4, -0.2) is 37.7 Å². The molecule has 1 aliphatic heterocycles. The van der Waals surface area contributed by atoms with E-state index in [-0.39, 0.29) is 18.1 Å². The molecule has 1 saturated heterocycles. The van der Waals surface area contributed by atoms with Crippen molar-refractivity contribution in [2.45, 2.75) is 56.7 Å². The van der Waals surface area contributed by atoms with Crippen LogP contribution in [0.15, 0.2) is 0 Å². The van der Waals surface area contributed by atoms with E-state index in [9.17, 15) is 4.79 Å². The lowest BCUT2D eigenvalue weighted by Crippen LogP contribution is -2.38. The fourth-order valence-electron chi connectivity index (χ4n) is 2.60.